The number of piperazine rings is 1. The Hall–Kier alpha value is -2.92. The van der Waals surface area contributed by atoms with Crippen LogP contribution in [0.2, 0.25) is 5.11 Å². The van der Waals surface area contributed by atoms with Crippen LogP contribution < -0.4 is 10.6 Å². The molecular weight excluding hydrogens is 458 g/mol. The van der Waals surface area contributed by atoms with E-state index in [1.165, 1.54) is 17.0 Å². The number of benzene rings is 2. The number of aliphatic hydroxyl groups is 2. The summed E-state index contributed by atoms with van der Waals surface area (Å²) in [6, 6.07) is 13.3. The fraction of sp³-hybridized carbons (Fsp3) is 0.333. The number of amides is 1. The van der Waals surface area contributed by atoms with Crippen LogP contribution in [0.5, 0.6) is 0 Å². The van der Waals surface area contributed by atoms with E-state index in [1.54, 1.807) is 31.3 Å². The van der Waals surface area contributed by atoms with Gasteiger partial charge in [0.1, 0.15) is 5.82 Å². The van der Waals surface area contributed by atoms with Crippen LogP contribution in [0.15, 0.2) is 48.5 Å². The van der Waals surface area contributed by atoms with E-state index in [9.17, 15) is 19.4 Å². The summed E-state index contributed by atoms with van der Waals surface area (Å²) in [6.07, 6.45) is 0. The highest BCUT2D eigenvalue weighted by atomic mass is 19.1. The van der Waals surface area contributed by atoms with E-state index in [0.717, 1.165) is 16.6 Å². The van der Waals surface area contributed by atoms with Crippen molar-refractivity contribution < 1.29 is 19.4 Å². The van der Waals surface area contributed by atoms with Gasteiger partial charge >= 0.3 is 0 Å². The predicted molar refractivity (Wildman–Crippen MR) is 140 cm³/mol. The number of aromatic nitrogens is 1. The Balaban J connectivity index is 1.41. The minimum absolute atomic E-state index is 0.0928. The summed E-state index contributed by atoms with van der Waals surface area (Å²) in [6.45, 7) is 2.23. The second kappa shape index (κ2) is 10.2. The average Bonchev–Trinajstić information content (AvgIpc) is 2.84. The first-order chi connectivity index (χ1) is 17.0. The van der Waals surface area contributed by atoms with E-state index in [1.807, 2.05) is 12.1 Å². The molecule has 0 bridgehead atoms. The summed E-state index contributed by atoms with van der Waals surface area (Å²) < 4.78 is 14.1. The standard InChI is InChI=1S/C24H25B3FN5O3/c1-29-17-5-6-19(28)21(13-17)31-22(34)16-3-7-20-15(12-16)2-4-18(30-20)14-32-8-10-33(11-9-32)24(35,36)23(25,26)27/h2-7,12-13,29,35-36H,8-11,14H2,1H3,(H,31,34). The van der Waals surface area contributed by atoms with Gasteiger partial charge in [-0.3, -0.25) is 19.6 Å². The fourth-order valence-corrected chi connectivity index (χ4v) is 4.09. The zero-order valence-electron chi connectivity index (χ0n) is 19.9. The average molecular weight is 483 g/mol. The molecular formula is C24H25B3FN5O3. The second-order valence-corrected chi connectivity index (χ2v) is 8.94. The van der Waals surface area contributed by atoms with Gasteiger partial charge < -0.3 is 20.8 Å². The van der Waals surface area contributed by atoms with Crippen LogP contribution in [0.3, 0.4) is 0 Å². The number of nitrogens with zero attached hydrogens (tertiary/aromatic N) is 3. The number of pyridine rings is 1. The van der Waals surface area contributed by atoms with Crippen molar-refractivity contribution in [1.82, 2.24) is 14.8 Å². The van der Waals surface area contributed by atoms with Crippen LogP contribution in [-0.4, -0.2) is 93.6 Å². The number of halogens is 1. The molecule has 6 radical (unpaired) electrons. The van der Waals surface area contributed by atoms with Gasteiger partial charge in [0.2, 0.25) is 5.91 Å². The van der Waals surface area contributed by atoms with E-state index in [0.29, 0.717) is 44.0 Å². The number of carbonyl (C=O) groups excluding carboxylic acids is 1. The largest absolute Gasteiger partial charge is 0.388 e. The molecule has 3 aromatic rings. The molecule has 0 aliphatic carbocycles. The van der Waals surface area contributed by atoms with Gasteiger partial charge in [0.05, 0.1) is 40.4 Å². The van der Waals surface area contributed by atoms with Gasteiger partial charge in [-0.05, 0) is 42.5 Å². The van der Waals surface area contributed by atoms with E-state index < -0.39 is 22.7 Å². The Morgan fingerprint density at radius 2 is 1.78 bits per heavy atom. The van der Waals surface area contributed by atoms with E-state index >= 15 is 0 Å². The molecule has 12 heteroatoms. The van der Waals surface area contributed by atoms with Crippen LogP contribution in [0.1, 0.15) is 16.1 Å². The lowest BCUT2D eigenvalue weighted by Gasteiger charge is -2.48. The van der Waals surface area contributed by atoms with E-state index in [2.05, 4.69) is 20.5 Å². The minimum Gasteiger partial charge on any atom is -0.388 e. The maximum Gasteiger partial charge on any atom is 0.255 e. The van der Waals surface area contributed by atoms with Crippen LogP contribution in [0.4, 0.5) is 15.8 Å². The first-order valence-corrected chi connectivity index (χ1v) is 11.4. The molecule has 2 heterocycles. The van der Waals surface area contributed by atoms with Gasteiger partial charge in [-0.25, -0.2) is 4.39 Å². The molecule has 0 unspecified atom stereocenters. The molecule has 1 amide bonds. The molecule has 1 aromatic heterocycles. The summed E-state index contributed by atoms with van der Waals surface area (Å²) in [7, 11) is 18.2. The van der Waals surface area contributed by atoms with Crippen LogP contribution >= 0.6 is 0 Å². The number of anilines is 2. The third kappa shape index (κ3) is 5.57. The molecule has 1 fully saturated rings. The number of nitrogens with one attached hydrogen (secondary N) is 2. The van der Waals surface area contributed by atoms with Crippen molar-refractivity contribution >= 4 is 51.7 Å². The topological polar surface area (TPSA) is 101 Å². The summed E-state index contributed by atoms with van der Waals surface area (Å²) in [5.41, 5.74) is 2.70. The summed E-state index contributed by atoms with van der Waals surface area (Å²) in [5, 5.41) is 24.5. The lowest BCUT2D eigenvalue weighted by molar-refractivity contribution is -0.269. The Bertz CT molecular complexity index is 1260. The van der Waals surface area contributed by atoms with Crippen molar-refractivity contribution in [2.75, 3.05) is 43.9 Å². The Morgan fingerprint density at radius 3 is 2.44 bits per heavy atom. The van der Waals surface area contributed by atoms with Gasteiger partial charge in [-0.15, -0.1) is 0 Å². The van der Waals surface area contributed by atoms with Gasteiger partial charge in [0.25, 0.3) is 5.91 Å². The molecule has 180 valence electrons. The lowest BCUT2D eigenvalue weighted by Crippen LogP contribution is -2.62. The van der Waals surface area contributed by atoms with Crippen LogP contribution in [0.25, 0.3) is 10.9 Å². The van der Waals surface area contributed by atoms with Crippen molar-refractivity contribution in [3.63, 3.8) is 0 Å². The van der Waals surface area contributed by atoms with Gasteiger partial charge in [0, 0.05) is 56.4 Å². The zero-order valence-corrected chi connectivity index (χ0v) is 19.9. The molecule has 4 N–H and O–H groups in total. The molecule has 1 aliphatic rings. The highest BCUT2D eigenvalue weighted by Crippen LogP contribution is 2.30. The number of carbonyl (C=O) groups is 1. The summed E-state index contributed by atoms with van der Waals surface area (Å²) in [4.78, 5) is 20.8. The molecule has 1 aliphatic heterocycles. The molecule has 8 nitrogen and oxygen atoms in total. The minimum atomic E-state index is -2.52. The maximum absolute atomic E-state index is 14.1. The van der Waals surface area contributed by atoms with Gasteiger partial charge in [0.15, 0.2) is 0 Å². The predicted octanol–water partition coefficient (Wildman–Crippen LogP) is 1.00. The number of hydrogen-bond acceptors (Lipinski definition) is 7. The van der Waals surface area contributed by atoms with E-state index in [4.69, 9.17) is 23.5 Å². The first-order valence-electron chi connectivity index (χ1n) is 11.4. The van der Waals surface area contributed by atoms with Crippen LogP contribution in [0, 0.1) is 5.82 Å². The third-order valence-corrected chi connectivity index (χ3v) is 6.29. The van der Waals surface area contributed by atoms with Crippen molar-refractivity contribution in [3.05, 3.63) is 65.6 Å². The van der Waals surface area contributed by atoms with Crippen molar-refractivity contribution in [1.29, 1.82) is 0 Å². The van der Waals surface area contributed by atoms with Crippen molar-refractivity contribution in [3.8, 4) is 0 Å². The van der Waals surface area contributed by atoms with Crippen LogP contribution in [-0.2, 0) is 6.54 Å². The van der Waals surface area contributed by atoms with Crippen molar-refractivity contribution in [2.45, 2.75) is 17.6 Å². The Morgan fingerprint density at radius 1 is 1.06 bits per heavy atom. The lowest BCUT2D eigenvalue weighted by atomic mass is 9.40. The monoisotopic (exact) mass is 483 g/mol. The highest BCUT2D eigenvalue weighted by molar-refractivity contribution is 6.59. The maximum atomic E-state index is 14.1. The number of fused-ring (bicyclic) bond motifs is 1. The molecule has 0 saturated carbocycles. The normalized spacial score (nSPS) is 15.7. The summed E-state index contributed by atoms with van der Waals surface area (Å²) >= 11 is 0. The molecule has 0 atom stereocenters. The molecule has 36 heavy (non-hydrogen) atoms. The Labute approximate surface area is 213 Å². The number of hydrogen-bond donors (Lipinski definition) is 4. The molecule has 1 saturated heterocycles. The fourth-order valence-electron chi connectivity index (χ4n) is 4.09. The van der Waals surface area contributed by atoms with E-state index in [-0.39, 0.29) is 5.69 Å². The second-order valence-electron chi connectivity index (χ2n) is 8.94. The van der Waals surface area contributed by atoms with Gasteiger partial charge in [-0.2, -0.15) is 0 Å². The molecule has 2 aromatic carbocycles. The summed E-state index contributed by atoms with van der Waals surface area (Å²) in [5.74, 6) is -3.47. The smallest absolute Gasteiger partial charge is 0.255 e. The Kier molecular flexibility index (Phi) is 7.42. The van der Waals surface area contributed by atoms with Gasteiger partial charge in [-0.1, -0.05) is 11.2 Å². The number of rotatable bonds is 7. The third-order valence-electron chi connectivity index (χ3n) is 6.29. The highest BCUT2D eigenvalue weighted by Gasteiger charge is 2.43. The zero-order chi connectivity index (χ0) is 26.1. The SMILES string of the molecule is [B]C([B])([B])C(O)(O)N1CCN(Cc2ccc3cc(C(=O)Nc4cc(NC)ccc4F)ccc3n2)CC1. The first kappa shape index (κ1) is 26.2. The quantitative estimate of drug-likeness (QED) is 0.294. The molecule has 4 rings (SSSR count). The van der Waals surface area contributed by atoms with Crippen molar-refractivity contribution in [2.24, 2.45) is 0 Å². The molecule has 0 spiro atoms.